The average molecular weight is 406 g/mol. The summed E-state index contributed by atoms with van der Waals surface area (Å²) in [7, 11) is 0. The van der Waals surface area contributed by atoms with E-state index in [1.54, 1.807) is 16.8 Å². The Bertz CT molecular complexity index is 693. The summed E-state index contributed by atoms with van der Waals surface area (Å²) in [6.07, 6.45) is 5.66. The summed E-state index contributed by atoms with van der Waals surface area (Å²) in [4.78, 5) is 24.2. The Labute approximate surface area is 171 Å². The van der Waals surface area contributed by atoms with E-state index in [4.69, 9.17) is 4.74 Å². The Morgan fingerprint density at radius 3 is 2.79 bits per heavy atom. The third-order valence-electron chi connectivity index (χ3n) is 5.06. The molecule has 154 valence electrons. The Morgan fingerprint density at radius 1 is 1.25 bits per heavy atom. The number of rotatable bonds is 12. The third-order valence-corrected chi connectivity index (χ3v) is 6.07. The molecule has 1 aromatic rings. The predicted octanol–water partition coefficient (Wildman–Crippen LogP) is 3.80. The van der Waals surface area contributed by atoms with Crippen LogP contribution in [-0.2, 0) is 4.79 Å². The highest BCUT2D eigenvalue weighted by Gasteiger charge is 2.25. The zero-order chi connectivity index (χ0) is 19.9. The number of hydrogen-bond donors (Lipinski definition) is 2. The van der Waals surface area contributed by atoms with E-state index in [0.717, 1.165) is 43.3 Å². The van der Waals surface area contributed by atoms with Gasteiger partial charge in [0.05, 0.1) is 6.61 Å². The van der Waals surface area contributed by atoms with Gasteiger partial charge in [0.15, 0.2) is 0 Å². The van der Waals surface area contributed by atoms with Gasteiger partial charge in [-0.1, -0.05) is 24.4 Å². The van der Waals surface area contributed by atoms with Crippen LogP contribution in [0.2, 0.25) is 0 Å². The summed E-state index contributed by atoms with van der Waals surface area (Å²) in [6, 6.07) is 6.47. The fraction of sp³-hybridized carbons (Fsp3) is 0.619. The van der Waals surface area contributed by atoms with E-state index in [9.17, 15) is 9.59 Å². The van der Waals surface area contributed by atoms with Crippen molar-refractivity contribution in [2.75, 3.05) is 25.4 Å². The standard InChI is InChI=1S/C21H31N3O3S/c1-15-10-18(12-19(11-15)27-14-17-6-7-17)16(2)23-28-9-5-3-4-8-24-13-20(25)22-21(24)26/h10-12,16-17,23H,3-9,13-14H2,1-2H3,(H,22,25,26). The molecule has 1 heterocycles. The van der Waals surface area contributed by atoms with Crippen molar-refractivity contribution < 1.29 is 14.3 Å². The molecule has 0 radical (unpaired) electrons. The van der Waals surface area contributed by atoms with Crippen molar-refractivity contribution in [1.82, 2.24) is 14.9 Å². The van der Waals surface area contributed by atoms with Crippen LogP contribution in [0.5, 0.6) is 5.75 Å². The molecule has 2 N–H and O–H groups in total. The molecule has 1 atom stereocenters. The molecule has 28 heavy (non-hydrogen) atoms. The lowest BCUT2D eigenvalue weighted by atomic mass is 10.1. The van der Waals surface area contributed by atoms with Crippen LogP contribution in [-0.4, -0.2) is 42.3 Å². The second-order valence-electron chi connectivity index (χ2n) is 7.86. The smallest absolute Gasteiger partial charge is 0.324 e. The van der Waals surface area contributed by atoms with Gasteiger partial charge in [0, 0.05) is 18.3 Å². The van der Waals surface area contributed by atoms with E-state index in [0.29, 0.717) is 6.54 Å². The second kappa shape index (κ2) is 10.2. The van der Waals surface area contributed by atoms with Crippen molar-refractivity contribution in [1.29, 1.82) is 0 Å². The van der Waals surface area contributed by atoms with Crippen LogP contribution in [0.15, 0.2) is 18.2 Å². The molecule has 1 unspecified atom stereocenters. The molecule has 2 fully saturated rings. The van der Waals surface area contributed by atoms with Crippen LogP contribution in [0.4, 0.5) is 4.79 Å². The zero-order valence-electron chi connectivity index (χ0n) is 16.8. The van der Waals surface area contributed by atoms with E-state index in [1.807, 2.05) is 0 Å². The molecule has 0 bridgehead atoms. The molecule has 3 amide bonds. The van der Waals surface area contributed by atoms with Gasteiger partial charge >= 0.3 is 6.03 Å². The lowest BCUT2D eigenvalue weighted by Gasteiger charge is -2.16. The second-order valence-corrected chi connectivity index (χ2v) is 8.79. The Hall–Kier alpha value is -1.73. The first-order valence-corrected chi connectivity index (χ1v) is 11.2. The molecule has 1 aliphatic heterocycles. The fourth-order valence-corrected chi connectivity index (χ4v) is 4.03. The molecule has 0 aromatic heterocycles. The number of aryl methyl sites for hydroxylation is 1. The Kier molecular flexibility index (Phi) is 7.62. The lowest BCUT2D eigenvalue weighted by Crippen LogP contribution is -2.29. The van der Waals surface area contributed by atoms with Crippen molar-refractivity contribution in [3.05, 3.63) is 29.3 Å². The molecule has 1 saturated carbocycles. The van der Waals surface area contributed by atoms with E-state index in [1.165, 1.54) is 24.0 Å². The lowest BCUT2D eigenvalue weighted by molar-refractivity contribution is -0.118. The number of carbonyl (C=O) groups is 2. The minimum Gasteiger partial charge on any atom is -0.493 e. The van der Waals surface area contributed by atoms with Crippen LogP contribution >= 0.6 is 11.9 Å². The number of amides is 3. The molecule has 1 saturated heterocycles. The first-order valence-electron chi connectivity index (χ1n) is 10.2. The highest BCUT2D eigenvalue weighted by atomic mass is 32.2. The number of carbonyl (C=O) groups excluding carboxylic acids is 2. The van der Waals surface area contributed by atoms with Crippen molar-refractivity contribution in [2.24, 2.45) is 5.92 Å². The number of ether oxygens (including phenoxy) is 1. The van der Waals surface area contributed by atoms with Crippen LogP contribution in [0, 0.1) is 12.8 Å². The van der Waals surface area contributed by atoms with Gasteiger partial charge in [-0.25, -0.2) is 4.79 Å². The normalized spacial score (nSPS) is 17.7. The molecular formula is C21H31N3O3S. The monoisotopic (exact) mass is 405 g/mol. The fourth-order valence-electron chi connectivity index (χ4n) is 3.18. The molecule has 2 aliphatic rings. The minimum atomic E-state index is -0.256. The van der Waals surface area contributed by atoms with Crippen molar-refractivity contribution in [3.63, 3.8) is 0 Å². The first-order chi connectivity index (χ1) is 13.5. The number of urea groups is 1. The van der Waals surface area contributed by atoms with E-state index in [2.05, 4.69) is 42.1 Å². The average Bonchev–Trinajstić information content (AvgIpc) is 3.42. The summed E-state index contributed by atoms with van der Waals surface area (Å²) in [5, 5.41) is 2.31. The zero-order valence-corrected chi connectivity index (χ0v) is 17.6. The quantitative estimate of drug-likeness (QED) is 0.314. The van der Waals surface area contributed by atoms with Crippen molar-refractivity contribution in [3.8, 4) is 5.75 Å². The van der Waals surface area contributed by atoms with Gasteiger partial charge in [0.1, 0.15) is 12.3 Å². The molecule has 1 aliphatic carbocycles. The summed E-state index contributed by atoms with van der Waals surface area (Å²) < 4.78 is 9.46. The number of imide groups is 1. The van der Waals surface area contributed by atoms with Crippen LogP contribution in [0.1, 0.15) is 56.2 Å². The molecular weight excluding hydrogens is 374 g/mol. The van der Waals surface area contributed by atoms with Gasteiger partial charge in [-0.2, -0.15) is 0 Å². The number of nitrogens with one attached hydrogen (secondary N) is 2. The number of nitrogens with zero attached hydrogens (tertiary/aromatic N) is 1. The topological polar surface area (TPSA) is 70.7 Å². The van der Waals surface area contributed by atoms with Crippen molar-refractivity contribution in [2.45, 2.75) is 52.0 Å². The van der Waals surface area contributed by atoms with Crippen LogP contribution in [0.25, 0.3) is 0 Å². The van der Waals surface area contributed by atoms with Gasteiger partial charge in [-0.3, -0.25) is 14.8 Å². The molecule has 6 nitrogen and oxygen atoms in total. The minimum absolute atomic E-state index is 0.198. The largest absolute Gasteiger partial charge is 0.493 e. The van der Waals surface area contributed by atoms with Crippen LogP contribution in [0.3, 0.4) is 0 Å². The van der Waals surface area contributed by atoms with Crippen LogP contribution < -0.4 is 14.8 Å². The summed E-state index contributed by atoms with van der Waals surface area (Å²) in [6.45, 7) is 5.98. The predicted molar refractivity (Wildman–Crippen MR) is 112 cm³/mol. The highest BCUT2D eigenvalue weighted by molar-refractivity contribution is 7.97. The van der Waals surface area contributed by atoms with Gasteiger partial charge in [0.2, 0.25) is 5.91 Å². The third kappa shape index (κ3) is 6.71. The number of unbranched alkanes of at least 4 members (excludes halogenated alkanes) is 2. The molecule has 7 heteroatoms. The number of benzene rings is 1. The molecule has 3 rings (SSSR count). The number of hydrogen-bond acceptors (Lipinski definition) is 5. The maximum Gasteiger partial charge on any atom is 0.324 e. The highest BCUT2D eigenvalue weighted by Crippen LogP contribution is 2.30. The van der Waals surface area contributed by atoms with Crippen molar-refractivity contribution >= 4 is 23.9 Å². The summed E-state index contributed by atoms with van der Waals surface area (Å²) >= 11 is 1.74. The van der Waals surface area contributed by atoms with Gasteiger partial charge < -0.3 is 9.64 Å². The maximum absolute atomic E-state index is 11.5. The van der Waals surface area contributed by atoms with Gasteiger partial charge in [-0.15, -0.1) is 0 Å². The SMILES string of the molecule is Cc1cc(OCC2CC2)cc(C(C)NSCCCCCN2CC(=O)NC2=O)c1. The molecule has 1 aromatic carbocycles. The Balaban J connectivity index is 1.30. The van der Waals surface area contributed by atoms with E-state index >= 15 is 0 Å². The van der Waals surface area contributed by atoms with Gasteiger partial charge in [-0.05, 0) is 68.7 Å². The summed E-state index contributed by atoms with van der Waals surface area (Å²) in [5.41, 5.74) is 2.48. The van der Waals surface area contributed by atoms with E-state index < -0.39 is 0 Å². The Morgan fingerprint density at radius 2 is 2.07 bits per heavy atom. The van der Waals surface area contributed by atoms with Gasteiger partial charge in [0.25, 0.3) is 0 Å². The maximum atomic E-state index is 11.5. The molecule has 0 spiro atoms. The van der Waals surface area contributed by atoms with E-state index in [-0.39, 0.29) is 24.5 Å². The summed E-state index contributed by atoms with van der Waals surface area (Å²) in [5.74, 6) is 2.56. The first kappa shape index (κ1) is 21.0.